The fraction of sp³-hybridized carbons (Fsp3) is 0. The van der Waals surface area contributed by atoms with Gasteiger partial charge in [0.25, 0.3) is 0 Å². The second-order valence-corrected chi connectivity index (χ2v) is 3.63. The molecule has 18 heavy (non-hydrogen) atoms. The summed E-state index contributed by atoms with van der Waals surface area (Å²) in [7, 11) is 0. The highest BCUT2D eigenvalue weighted by Gasteiger charge is 1.92. The highest BCUT2D eigenvalue weighted by atomic mass is 14.2. The zero-order chi connectivity index (χ0) is 12.8. The van der Waals surface area contributed by atoms with Crippen LogP contribution >= 0.6 is 0 Å². The van der Waals surface area contributed by atoms with Gasteiger partial charge in [-0.1, -0.05) is 17.9 Å². The van der Waals surface area contributed by atoms with Crippen molar-refractivity contribution in [2.75, 3.05) is 0 Å². The summed E-state index contributed by atoms with van der Waals surface area (Å²) >= 11 is 0. The van der Waals surface area contributed by atoms with Gasteiger partial charge in [0.1, 0.15) is 0 Å². The van der Waals surface area contributed by atoms with Crippen LogP contribution in [0.15, 0.2) is 48.5 Å². The quantitative estimate of drug-likeness (QED) is 0.651. The molecule has 0 aliphatic heterocycles. The molecule has 0 aliphatic carbocycles. The lowest BCUT2D eigenvalue weighted by atomic mass is 10.1. The van der Waals surface area contributed by atoms with Crippen molar-refractivity contribution in [3.05, 3.63) is 70.8 Å². The van der Waals surface area contributed by atoms with Gasteiger partial charge < -0.3 is 0 Å². The molecule has 2 aromatic carbocycles. The average Bonchev–Trinajstić information content (AvgIpc) is 2.46. The smallest absolute Gasteiger partial charge is 0.0992 e. The molecule has 0 aromatic heterocycles. The molecule has 0 bridgehead atoms. The van der Waals surface area contributed by atoms with Gasteiger partial charge in [-0.2, -0.15) is 10.5 Å². The molecule has 2 heteroatoms. The lowest BCUT2D eigenvalue weighted by molar-refractivity contribution is 1.47. The zero-order valence-electron chi connectivity index (χ0n) is 9.51. The summed E-state index contributed by atoms with van der Waals surface area (Å²) in [4.78, 5) is 0. The molecular weight excluding hydrogens is 220 g/mol. The Kier molecular flexibility index (Phi) is 3.41. The Morgan fingerprint density at radius 2 is 1.17 bits per heavy atom. The van der Waals surface area contributed by atoms with Crippen molar-refractivity contribution in [2.45, 2.75) is 0 Å². The van der Waals surface area contributed by atoms with Gasteiger partial charge in [-0.25, -0.2) is 0 Å². The summed E-state index contributed by atoms with van der Waals surface area (Å²) in [5.74, 6) is 5.98. The number of nitrogens with zero attached hydrogens (tertiary/aromatic N) is 2. The molecule has 2 aromatic rings. The molecule has 0 amide bonds. The molecule has 0 spiro atoms. The average molecular weight is 228 g/mol. The van der Waals surface area contributed by atoms with E-state index in [0.29, 0.717) is 11.1 Å². The molecule has 0 N–H and O–H groups in total. The fourth-order valence-corrected chi connectivity index (χ4v) is 1.44. The van der Waals surface area contributed by atoms with Crippen LogP contribution in [0.25, 0.3) is 0 Å². The summed E-state index contributed by atoms with van der Waals surface area (Å²) in [6, 6.07) is 18.4. The molecule has 0 atom stereocenters. The van der Waals surface area contributed by atoms with Crippen molar-refractivity contribution in [1.82, 2.24) is 0 Å². The van der Waals surface area contributed by atoms with Crippen molar-refractivity contribution >= 4 is 0 Å². The van der Waals surface area contributed by atoms with Crippen LogP contribution in [0.4, 0.5) is 0 Å². The molecule has 0 unspecified atom stereocenters. The highest BCUT2D eigenvalue weighted by Crippen LogP contribution is 2.04. The Labute approximate surface area is 106 Å². The molecule has 2 rings (SSSR count). The normalized spacial score (nSPS) is 8.56. The van der Waals surface area contributed by atoms with Gasteiger partial charge in [0.2, 0.25) is 0 Å². The molecular formula is C16H8N2. The van der Waals surface area contributed by atoms with Gasteiger partial charge in [0.15, 0.2) is 0 Å². The van der Waals surface area contributed by atoms with Gasteiger partial charge in [0, 0.05) is 11.1 Å². The summed E-state index contributed by atoms with van der Waals surface area (Å²) in [5.41, 5.74) is 2.86. The fourth-order valence-electron chi connectivity index (χ4n) is 1.44. The van der Waals surface area contributed by atoms with Crippen molar-refractivity contribution in [3.8, 4) is 24.0 Å². The predicted octanol–water partition coefficient (Wildman–Crippen LogP) is 2.83. The molecule has 82 valence electrons. The first-order valence-corrected chi connectivity index (χ1v) is 5.34. The van der Waals surface area contributed by atoms with E-state index in [-0.39, 0.29) is 0 Å². The van der Waals surface area contributed by atoms with Crippen LogP contribution in [0.5, 0.6) is 0 Å². The number of hydrogen-bond donors (Lipinski definition) is 0. The number of rotatable bonds is 0. The van der Waals surface area contributed by atoms with E-state index < -0.39 is 0 Å². The van der Waals surface area contributed by atoms with E-state index in [9.17, 15) is 0 Å². The summed E-state index contributed by atoms with van der Waals surface area (Å²) in [5, 5.41) is 17.5. The third-order valence-corrected chi connectivity index (χ3v) is 2.36. The molecule has 0 aliphatic rings. The number of benzene rings is 2. The van der Waals surface area contributed by atoms with Crippen molar-refractivity contribution < 1.29 is 0 Å². The summed E-state index contributed by atoms with van der Waals surface area (Å²) < 4.78 is 0. The van der Waals surface area contributed by atoms with Crippen LogP contribution in [0.1, 0.15) is 22.3 Å². The van der Waals surface area contributed by atoms with Crippen molar-refractivity contribution in [3.63, 3.8) is 0 Å². The highest BCUT2D eigenvalue weighted by molar-refractivity contribution is 5.47. The maximum Gasteiger partial charge on any atom is 0.0992 e. The van der Waals surface area contributed by atoms with E-state index >= 15 is 0 Å². The number of nitriles is 2. The first-order chi connectivity index (χ1) is 8.81. The van der Waals surface area contributed by atoms with Crippen LogP contribution in [0.2, 0.25) is 0 Å². The predicted molar refractivity (Wildman–Crippen MR) is 68.3 cm³/mol. The minimum atomic E-state index is 0.599. The summed E-state index contributed by atoms with van der Waals surface area (Å²) in [6.45, 7) is 0. The Morgan fingerprint density at radius 3 is 1.83 bits per heavy atom. The van der Waals surface area contributed by atoms with E-state index in [1.165, 1.54) is 0 Å². The van der Waals surface area contributed by atoms with Crippen LogP contribution in [0, 0.1) is 34.5 Å². The largest absolute Gasteiger partial charge is 0.192 e. The second kappa shape index (κ2) is 5.35. The van der Waals surface area contributed by atoms with Crippen LogP contribution in [-0.2, 0) is 0 Å². The lowest BCUT2D eigenvalue weighted by Gasteiger charge is -1.92. The van der Waals surface area contributed by atoms with Gasteiger partial charge in [-0.05, 0) is 42.5 Å². The van der Waals surface area contributed by atoms with E-state index in [1.807, 2.05) is 6.07 Å². The monoisotopic (exact) mass is 228 g/mol. The standard InChI is InChI=1S/C16H8N2/c17-11-15-8-5-13(6-9-15)4-7-14-2-1-3-16(10-14)12-18/h1-3,5-6,8-10H. The van der Waals surface area contributed by atoms with Crippen LogP contribution < -0.4 is 0 Å². The number of hydrogen-bond acceptors (Lipinski definition) is 2. The summed E-state index contributed by atoms with van der Waals surface area (Å²) in [6.07, 6.45) is 0. The Hall–Kier alpha value is -3.02. The first-order valence-electron chi connectivity index (χ1n) is 5.34. The lowest BCUT2D eigenvalue weighted by Crippen LogP contribution is -1.79. The Morgan fingerprint density at radius 1 is 0.611 bits per heavy atom. The third kappa shape index (κ3) is 2.76. The van der Waals surface area contributed by atoms with Gasteiger partial charge in [-0.15, -0.1) is 0 Å². The van der Waals surface area contributed by atoms with Crippen LogP contribution in [0.3, 0.4) is 0 Å². The first kappa shape index (κ1) is 11.5. The molecule has 0 fully saturated rings. The Bertz CT molecular complexity index is 702. The van der Waals surface area contributed by atoms with Crippen molar-refractivity contribution in [2.24, 2.45) is 0 Å². The topological polar surface area (TPSA) is 47.6 Å². The van der Waals surface area contributed by atoms with Gasteiger partial charge in [-0.3, -0.25) is 0 Å². The van der Waals surface area contributed by atoms with E-state index in [2.05, 4.69) is 24.0 Å². The van der Waals surface area contributed by atoms with E-state index in [1.54, 1.807) is 42.5 Å². The maximum atomic E-state index is 8.78. The van der Waals surface area contributed by atoms with Crippen molar-refractivity contribution in [1.29, 1.82) is 10.5 Å². The van der Waals surface area contributed by atoms with E-state index in [4.69, 9.17) is 10.5 Å². The maximum absolute atomic E-state index is 8.78. The van der Waals surface area contributed by atoms with Gasteiger partial charge >= 0.3 is 0 Å². The third-order valence-electron chi connectivity index (χ3n) is 2.36. The molecule has 0 heterocycles. The Balaban J connectivity index is 2.26. The molecule has 0 saturated carbocycles. The van der Waals surface area contributed by atoms with E-state index in [0.717, 1.165) is 11.1 Å². The molecule has 2 nitrogen and oxygen atoms in total. The minimum absolute atomic E-state index is 0.599. The SMILES string of the molecule is N#Cc1ccc(C#Cc2cccc(C#N)c2)cc1. The minimum Gasteiger partial charge on any atom is -0.192 e. The second-order valence-electron chi connectivity index (χ2n) is 3.63. The molecule has 0 saturated heterocycles. The zero-order valence-corrected chi connectivity index (χ0v) is 9.51. The van der Waals surface area contributed by atoms with Crippen LogP contribution in [-0.4, -0.2) is 0 Å². The van der Waals surface area contributed by atoms with Gasteiger partial charge in [0.05, 0.1) is 23.3 Å². The molecule has 0 radical (unpaired) electrons.